The number of hydrogen-bond acceptors (Lipinski definition) is 6. The number of ether oxygens (including phenoxy) is 1. The maximum Gasteiger partial charge on any atom is 0.342 e. The molecule has 1 atom stereocenters. The van der Waals surface area contributed by atoms with Gasteiger partial charge in [0.2, 0.25) is 5.89 Å². The fraction of sp³-hybridized carbons (Fsp3) is 0.0952. The molecule has 4 rings (SSSR count). The van der Waals surface area contributed by atoms with Crippen molar-refractivity contribution >= 4 is 16.7 Å². The summed E-state index contributed by atoms with van der Waals surface area (Å²) in [5.74, 6) is -0.953. The highest BCUT2D eigenvalue weighted by Gasteiger charge is 2.22. The second-order valence-electron chi connectivity index (χ2n) is 6.18. The lowest BCUT2D eigenvalue weighted by molar-refractivity contribution is 0.0277. The molecule has 0 aliphatic carbocycles. The summed E-state index contributed by atoms with van der Waals surface area (Å²) in [5.41, 5.74) is 0.592. The Morgan fingerprint density at radius 3 is 2.61 bits per heavy atom. The summed E-state index contributed by atoms with van der Waals surface area (Å²) < 4.78 is 23.9. The molecule has 0 aliphatic heterocycles. The molecular formula is C21H15FN2O4. The van der Waals surface area contributed by atoms with E-state index in [1.165, 1.54) is 30.3 Å². The molecule has 28 heavy (non-hydrogen) atoms. The van der Waals surface area contributed by atoms with Crippen molar-refractivity contribution in [2.24, 2.45) is 0 Å². The minimum Gasteiger partial charge on any atom is -0.506 e. The second kappa shape index (κ2) is 7.11. The molecule has 0 aliphatic rings. The van der Waals surface area contributed by atoms with Gasteiger partial charge >= 0.3 is 5.97 Å². The lowest BCUT2D eigenvalue weighted by Crippen LogP contribution is -2.10. The lowest BCUT2D eigenvalue weighted by atomic mass is 10.1. The van der Waals surface area contributed by atoms with Crippen LogP contribution < -0.4 is 0 Å². The van der Waals surface area contributed by atoms with Crippen molar-refractivity contribution in [3.63, 3.8) is 0 Å². The third-order valence-corrected chi connectivity index (χ3v) is 4.28. The molecule has 0 fully saturated rings. The van der Waals surface area contributed by atoms with Crippen LogP contribution >= 0.6 is 0 Å². The number of nitrogens with zero attached hydrogens (tertiary/aromatic N) is 2. The van der Waals surface area contributed by atoms with Crippen molar-refractivity contribution in [3.8, 4) is 17.2 Å². The average molecular weight is 378 g/mol. The highest BCUT2D eigenvalue weighted by molar-refractivity contribution is 6.01. The van der Waals surface area contributed by atoms with Gasteiger partial charge in [0, 0.05) is 10.9 Å². The SMILES string of the molecule is C[C@@H](OC(=O)c1ccc2ccccc2c1O)c1nnc(-c2ccc(F)cc2)o1. The van der Waals surface area contributed by atoms with Crippen molar-refractivity contribution in [2.75, 3.05) is 0 Å². The van der Waals surface area contributed by atoms with Crippen LogP contribution in [0.2, 0.25) is 0 Å². The molecule has 0 saturated carbocycles. The Labute approximate surface area is 159 Å². The zero-order valence-electron chi connectivity index (χ0n) is 14.8. The third kappa shape index (κ3) is 3.29. The first-order chi connectivity index (χ1) is 13.5. The molecule has 140 valence electrons. The van der Waals surface area contributed by atoms with Crippen LogP contribution in [0.5, 0.6) is 5.75 Å². The van der Waals surface area contributed by atoms with E-state index >= 15 is 0 Å². The Morgan fingerprint density at radius 1 is 1.07 bits per heavy atom. The number of phenols is 1. The third-order valence-electron chi connectivity index (χ3n) is 4.28. The van der Waals surface area contributed by atoms with Gasteiger partial charge in [-0.05, 0) is 42.6 Å². The fourth-order valence-corrected chi connectivity index (χ4v) is 2.80. The van der Waals surface area contributed by atoms with Gasteiger partial charge in [-0.2, -0.15) is 0 Å². The first kappa shape index (κ1) is 17.7. The van der Waals surface area contributed by atoms with E-state index in [0.29, 0.717) is 10.9 Å². The summed E-state index contributed by atoms with van der Waals surface area (Å²) in [6.45, 7) is 1.58. The minimum absolute atomic E-state index is 0.0452. The Kier molecular flexibility index (Phi) is 4.49. The van der Waals surface area contributed by atoms with Gasteiger partial charge in [0.05, 0.1) is 0 Å². The molecule has 6 nitrogen and oxygen atoms in total. The number of aromatic hydroxyl groups is 1. The van der Waals surface area contributed by atoms with E-state index in [1.54, 1.807) is 25.1 Å². The smallest absolute Gasteiger partial charge is 0.342 e. The normalized spacial score (nSPS) is 12.1. The van der Waals surface area contributed by atoms with E-state index < -0.39 is 12.1 Å². The Bertz CT molecular complexity index is 1150. The molecule has 0 saturated heterocycles. The van der Waals surface area contributed by atoms with Crippen LogP contribution in [0, 0.1) is 5.82 Å². The predicted octanol–water partition coefficient (Wildman–Crippen LogP) is 4.65. The van der Waals surface area contributed by atoms with E-state index in [0.717, 1.165) is 5.39 Å². The zero-order valence-corrected chi connectivity index (χ0v) is 14.8. The number of fused-ring (bicyclic) bond motifs is 1. The molecule has 1 aromatic heterocycles. The number of halogens is 1. The van der Waals surface area contributed by atoms with Crippen molar-refractivity contribution in [2.45, 2.75) is 13.0 Å². The van der Waals surface area contributed by atoms with Crippen molar-refractivity contribution in [1.29, 1.82) is 0 Å². The van der Waals surface area contributed by atoms with Crippen molar-refractivity contribution in [3.05, 3.63) is 77.9 Å². The van der Waals surface area contributed by atoms with Crippen LogP contribution in [-0.2, 0) is 4.74 Å². The number of hydrogen-bond donors (Lipinski definition) is 1. The van der Waals surface area contributed by atoms with E-state index in [4.69, 9.17) is 9.15 Å². The highest BCUT2D eigenvalue weighted by atomic mass is 19.1. The molecule has 0 radical (unpaired) electrons. The number of carbonyl (C=O) groups is 1. The Morgan fingerprint density at radius 2 is 1.82 bits per heavy atom. The van der Waals surface area contributed by atoms with E-state index in [-0.39, 0.29) is 28.9 Å². The van der Waals surface area contributed by atoms with Gasteiger partial charge in [-0.25, -0.2) is 9.18 Å². The number of esters is 1. The number of phenolic OH excluding ortho intramolecular Hbond substituents is 1. The first-order valence-electron chi connectivity index (χ1n) is 8.54. The number of benzene rings is 3. The summed E-state index contributed by atoms with van der Waals surface area (Å²) in [7, 11) is 0. The molecular weight excluding hydrogens is 363 g/mol. The molecule has 0 bridgehead atoms. The number of aromatic nitrogens is 2. The van der Waals surface area contributed by atoms with Gasteiger partial charge in [0.1, 0.15) is 17.1 Å². The van der Waals surface area contributed by atoms with Crippen LogP contribution in [0.3, 0.4) is 0 Å². The predicted molar refractivity (Wildman–Crippen MR) is 99.1 cm³/mol. The standard InChI is InChI=1S/C21H15FN2O4/c1-12(19-23-24-20(28-19)14-6-9-15(22)10-7-14)27-21(26)17-11-8-13-4-2-3-5-16(13)18(17)25/h2-12,25H,1H3/t12-/m1/s1. The molecule has 0 amide bonds. The van der Waals surface area contributed by atoms with Crippen LogP contribution in [0.1, 0.15) is 29.3 Å². The van der Waals surface area contributed by atoms with E-state index in [2.05, 4.69) is 10.2 Å². The average Bonchev–Trinajstić information content (AvgIpc) is 3.19. The number of rotatable bonds is 4. The van der Waals surface area contributed by atoms with Gasteiger partial charge in [0.25, 0.3) is 5.89 Å². The summed E-state index contributed by atoms with van der Waals surface area (Å²) in [6, 6.07) is 16.0. The Balaban J connectivity index is 1.54. The fourth-order valence-electron chi connectivity index (χ4n) is 2.80. The quantitative estimate of drug-likeness (QED) is 0.520. The van der Waals surface area contributed by atoms with E-state index in [9.17, 15) is 14.3 Å². The molecule has 0 spiro atoms. The van der Waals surface area contributed by atoms with Gasteiger partial charge in [0.15, 0.2) is 6.10 Å². The summed E-state index contributed by atoms with van der Waals surface area (Å²) in [4.78, 5) is 12.5. The molecule has 0 unspecified atom stereocenters. The van der Waals surface area contributed by atoms with Crippen LogP contribution in [0.25, 0.3) is 22.2 Å². The topological polar surface area (TPSA) is 85.5 Å². The van der Waals surface area contributed by atoms with E-state index in [1.807, 2.05) is 12.1 Å². The maximum atomic E-state index is 13.0. The largest absolute Gasteiger partial charge is 0.506 e. The van der Waals surface area contributed by atoms with Gasteiger partial charge in [-0.15, -0.1) is 10.2 Å². The molecule has 1 heterocycles. The van der Waals surface area contributed by atoms with Gasteiger partial charge in [-0.1, -0.05) is 30.3 Å². The summed E-state index contributed by atoms with van der Waals surface area (Å²) >= 11 is 0. The summed E-state index contributed by atoms with van der Waals surface area (Å²) in [6.07, 6.45) is -0.833. The Hall–Kier alpha value is -3.74. The van der Waals surface area contributed by atoms with Crippen molar-refractivity contribution < 1.29 is 23.4 Å². The highest BCUT2D eigenvalue weighted by Crippen LogP contribution is 2.30. The molecule has 3 aromatic carbocycles. The van der Waals surface area contributed by atoms with Crippen LogP contribution in [0.4, 0.5) is 4.39 Å². The van der Waals surface area contributed by atoms with Crippen molar-refractivity contribution in [1.82, 2.24) is 10.2 Å². The van der Waals surface area contributed by atoms with Crippen LogP contribution in [-0.4, -0.2) is 21.3 Å². The van der Waals surface area contributed by atoms with Gasteiger partial charge in [-0.3, -0.25) is 0 Å². The molecule has 7 heteroatoms. The monoisotopic (exact) mass is 378 g/mol. The zero-order chi connectivity index (χ0) is 19.7. The van der Waals surface area contributed by atoms with Crippen LogP contribution in [0.15, 0.2) is 65.1 Å². The molecule has 1 N–H and O–H groups in total. The maximum absolute atomic E-state index is 13.0. The lowest BCUT2D eigenvalue weighted by Gasteiger charge is -2.11. The molecule has 4 aromatic rings. The second-order valence-corrected chi connectivity index (χ2v) is 6.18. The number of carbonyl (C=O) groups excluding carboxylic acids is 1. The van der Waals surface area contributed by atoms with Gasteiger partial charge < -0.3 is 14.3 Å². The first-order valence-corrected chi connectivity index (χ1v) is 8.54. The summed E-state index contributed by atoms with van der Waals surface area (Å²) in [5, 5.41) is 19.5. The minimum atomic E-state index is -0.833.